The second-order valence-corrected chi connectivity index (χ2v) is 5.02. The van der Waals surface area contributed by atoms with Crippen molar-refractivity contribution < 1.29 is 4.74 Å². The fourth-order valence-corrected chi connectivity index (χ4v) is 2.57. The van der Waals surface area contributed by atoms with Crippen LogP contribution in [0.25, 0.3) is 5.65 Å². The van der Waals surface area contributed by atoms with E-state index in [1.54, 1.807) is 0 Å². The van der Waals surface area contributed by atoms with Crippen molar-refractivity contribution in [3.8, 4) is 0 Å². The van der Waals surface area contributed by atoms with Gasteiger partial charge in [-0.2, -0.15) is 0 Å². The number of nitrogens with zero attached hydrogens (tertiary/aromatic N) is 2. The molecule has 96 valence electrons. The van der Waals surface area contributed by atoms with Gasteiger partial charge in [0.15, 0.2) is 0 Å². The summed E-state index contributed by atoms with van der Waals surface area (Å²) in [5.41, 5.74) is 8.91. The second-order valence-electron chi connectivity index (χ2n) is 5.02. The first-order valence-corrected chi connectivity index (χ1v) is 6.59. The lowest BCUT2D eigenvalue weighted by Crippen LogP contribution is -2.19. The Morgan fingerprint density at radius 1 is 1.50 bits per heavy atom. The lowest BCUT2D eigenvalue weighted by molar-refractivity contribution is 0.0547. The Hall–Kier alpha value is -1.39. The molecule has 1 atom stereocenters. The first-order chi connectivity index (χ1) is 8.85. The van der Waals surface area contributed by atoms with Gasteiger partial charge in [-0.15, -0.1) is 0 Å². The minimum Gasteiger partial charge on any atom is -0.381 e. The van der Waals surface area contributed by atoms with Gasteiger partial charge in [0.2, 0.25) is 0 Å². The lowest BCUT2D eigenvalue weighted by Gasteiger charge is -2.20. The van der Waals surface area contributed by atoms with Gasteiger partial charge >= 0.3 is 0 Å². The monoisotopic (exact) mass is 245 g/mol. The highest BCUT2D eigenvalue weighted by molar-refractivity contribution is 5.43. The molecular formula is C14H19N3O. The number of imidazole rings is 1. The van der Waals surface area contributed by atoms with Gasteiger partial charge in [0.1, 0.15) is 5.65 Å². The maximum absolute atomic E-state index is 5.64. The maximum Gasteiger partial charge on any atom is 0.137 e. The second kappa shape index (κ2) is 5.08. The zero-order valence-corrected chi connectivity index (χ0v) is 10.5. The molecule has 4 heteroatoms. The summed E-state index contributed by atoms with van der Waals surface area (Å²) in [6.45, 7) is 2.36. The summed E-state index contributed by atoms with van der Waals surface area (Å²) in [6.07, 6.45) is 7.59. The van der Waals surface area contributed by atoms with Gasteiger partial charge in [-0.1, -0.05) is 0 Å². The third-order valence-electron chi connectivity index (χ3n) is 3.56. The number of fused-ring (bicyclic) bond motifs is 1. The van der Waals surface area contributed by atoms with Gasteiger partial charge in [-0.25, -0.2) is 4.98 Å². The van der Waals surface area contributed by atoms with Crippen LogP contribution in [0.3, 0.4) is 0 Å². The average Bonchev–Trinajstić information content (AvgIpc) is 2.80. The predicted molar refractivity (Wildman–Crippen MR) is 70.3 cm³/mol. The summed E-state index contributed by atoms with van der Waals surface area (Å²) < 4.78 is 7.58. The molecule has 2 aromatic rings. The number of ether oxygens (including phenoxy) is 1. The fraction of sp³-hybridized carbons (Fsp3) is 0.500. The Kier molecular flexibility index (Phi) is 3.30. The van der Waals surface area contributed by atoms with Crippen molar-refractivity contribution in [1.82, 2.24) is 9.38 Å². The van der Waals surface area contributed by atoms with Crippen molar-refractivity contribution in [2.75, 3.05) is 13.2 Å². The molecule has 1 saturated heterocycles. The molecule has 0 spiro atoms. The molecular weight excluding hydrogens is 226 g/mol. The Balaban J connectivity index is 1.79. The van der Waals surface area contributed by atoms with Crippen molar-refractivity contribution in [1.29, 1.82) is 0 Å². The zero-order chi connectivity index (χ0) is 12.4. The Bertz CT molecular complexity index is 529. The molecule has 4 nitrogen and oxygen atoms in total. The highest BCUT2D eigenvalue weighted by Crippen LogP contribution is 2.19. The van der Waals surface area contributed by atoms with E-state index in [0.29, 0.717) is 12.5 Å². The average molecular weight is 245 g/mol. The van der Waals surface area contributed by atoms with E-state index in [1.165, 1.54) is 12.8 Å². The number of nitrogens with two attached hydrogens (primary N) is 1. The van der Waals surface area contributed by atoms with Crippen LogP contribution >= 0.6 is 0 Å². The quantitative estimate of drug-likeness (QED) is 0.896. The Morgan fingerprint density at radius 2 is 2.44 bits per heavy atom. The molecule has 2 N–H and O–H groups in total. The maximum atomic E-state index is 5.64. The summed E-state index contributed by atoms with van der Waals surface area (Å²) in [6, 6.07) is 4.10. The number of hydrogen-bond acceptors (Lipinski definition) is 3. The molecule has 1 aliphatic rings. The van der Waals surface area contributed by atoms with E-state index >= 15 is 0 Å². The van der Waals surface area contributed by atoms with Crippen LogP contribution in [-0.2, 0) is 17.7 Å². The minimum absolute atomic E-state index is 0.565. The van der Waals surface area contributed by atoms with Gasteiger partial charge in [0.05, 0.1) is 5.69 Å². The summed E-state index contributed by atoms with van der Waals surface area (Å²) in [5, 5.41) is 0. The Labute approximate surface area is 107 Å². The smallest absolute Gasteiger partial charge is 0.137 e. The van der Waals surface area contributed by atoms with E-state index in [9.17, 15) is 0 Å². The predicted octanol–water partition coefficient (Wildman–Crippen LogP) is 1.76. The number of rotatable bonds is 3. The van der Waals surface area contributed by atoms with E-state index in [0.717, 1.165) is 36.5 Å². The molecule has 0 bridgehead atoms. The molecule has 0 radical (unpaired) electrons. The minimum atomic E-state index is 0.565. The summed E-state index contributed by atoms with van der Waals surface area (Å²) in [7, 11) is 0. The molecule has 0 amide bonds. The van der Waals surface area contributed by atoms with Crippen LogP contribution in [0.1, 0.15) is 24.1 Å². The highest BCUT2D eigenvalue weighted by atomic mass is 16.5. The molecule has 3 rings (SSSR count). The van der Waals surface area contributed by atoms with Crippen LogP contribution < -0.4 is 5.73 Å². The number of pyridine rings is 1. The first kappa shape index (κ1) is 11.7. The summed E-state index contributed by atoms with van der Waals surface area (Å²) >= 11 is 0. The zero-order valence-electron chi connectivity index (χ0n) is 10.5. The number of hydrogen-bond donors (Lipinski definition) is 1. The molecule has 3 heterocycles. The van der Waals surface area contributed by atoms with Crippen LogP contribution in [0, 0.1) is 5.92 Å². The van der Waals surface area contributed by atoms with Gasteiger partial charge in [-0.3, -0.25) is 0 Å². The highest BCUT2D eigenvalue weighted by Gasteiger charge is 2.16. The van der Waals surface area contributed by atoms with Crippen molar-refractivity contribution in [3.05, 3.63) is 35.8 Å². The normalized spacial score (nSPS) is 20.4. The van der Waals surface area contributed by atoms with Crippen LogP contribution in [0.5, 0.6) is 0 Å². The van der Waals surface area contributed by atoms with E-state index in [-0.39, 0.29) is 0 Å². The lowest BCUT2D eigenvalue weighted by atomic mass is 9.97. The largest absolute Gasteiger partial charge is 0.381 e. The van der Waals surface area contributed by atoms with E-state index in [2.05, 4.69) is 21.6 Å². The molecule has 18 heavy (non-hydrogen) atoms. The standard InChI is InChI=1S/C14H19N3O/c15-8-11-3-4-17-9-13(16-14(17)7-11)6-12-2-1-5-18-10-12/h3-4,7,9,12H,1-2,5-6,8,10,15H2. The van der Waals surface area contributed by atoms with E-state index in [1.807, 2.05) is 12.3 Å². The summed E-state index contributed by atoms with van der Waals surface area (Å²) in [5.74, 6) is 0.623. The molecule has 0 aliphatic carbocycles. The fourth-order valence-electron chi connectivity index (χ4n) is 2.57. The SMILES string of the molecule is NCc1ccn2cc(CC3CCCOC3)nc2c1. The van der Waals surface area contributed by atoms with Crippen LogP contribution in [0.2, 0.25) is 0 Å². The molecule has 1 aliphatic heterocycles. The number of aromatic nitrogens is 2. The Morgan fingerprint density at radius 3 is 3.22 bits per heavy atom. The van der Waals surface area contributed by atoms with Crippen molar-refractivity contribution in [2.24, 2.45) is 11.7 Å². The van der Waals surface area contributed by atoms with Gasteiger partial charge < -0.3 is 14.9 Å². The third-order valence-corrected chi connectivity index (χ3v) is 3.56. The van der Waals surface area contributed by atoms with E-state index in [4.69, 9.17) is 10.5 Å². The van der Waals surface area contributed by atoms with Crippen molar-refractivity contribution in [2.45, 2.75) is 25.8 Å². The van der Waals surface area contributed by atoms with Crippen molar-refractivity contribution in [3.63, 3.8) is 0 Å². The summed E-state index contributed by atoms with van der Waals surface area (Å²) in [4.78, 5) is 4.67. The van der Waals surface area contributed by atoms with E-state index < -0.39 is 0 Å². The molecule has 2 aromatic heterocycles. The van der Waals surface area contributed by atoms with Crippen LogP contribution in [-0.4, -0.2) is 22.6 Å². The topological polar surface area (TPSA) is 52.5 Å². The van der Waals surface area contributed by atoms with Crippen molar-refractivity contribution >= 4 is 5.65 Å². The molecule has 0 aromatic carbocycles. The molecule has 1 fully saturated rings. The third kappa shape index (κ3) is 2.40. The molecule has 1 unspecified atom stereocenters. The van der Waals surface area contributed by atoms with Crippen LogP contribution in [0.15, 0.2) is 24.5 Å². The van der Waals surface area contributed by atoms with Gasteiger partial charge in [0.25, 0.3) is 0 Å². The van der Waals surface area contributed by atoms with Crippen LogP contribution in [0.4, 0.5) is 0 Å². The first-order valence-electron chi connectivity index (χ1n) is 6.59. The van der Waals surface area contributed by atoms with Gasteiger partial charge in [0, 0.05) is 32.2 Å². The van der Waals surface area contributed by atoms with Gasteiger partial charge in [-0.05, 0) is 42.9 Å². The molecule has 0 saturated carbocycles.